The molecule has 3 aromatic heterocycles. The maximum Gasteiger partial charge on any atom is 0.227 e. The summed E-state index contributed by atoms with van der Waals surface area (Å²) in [4.78, 5) is 21.6. The summed E-state index contributed by atoms with van der Waals surface area (Å²) in [6.07, 6.45) is 3.42. The molecule has 3 N–H and O–H groups in total. The van der Waals surface area contributed by atoms with Crippen LogP contribution >= 0.6 is 0 Å². The maximum atomic E-state index is 14.7. The molecule has 5 rings (SSSR count). The van der Waals surface area contributed by atoms with Gasteiger partial charge in [-0.25, -0.2) is 23.7 Å². The average Bonchev–Trinajstić information content (AvgIpc) is 2.87. The van der Waals surface area contributed by atoms with E-state index in [0.29, 0.717) is 36.4 Å². The molecule has 5 heterocycles. The fourth-order valence-corrected chi connectivity index (χ4v) is 4.78. The lowest BCUT2D eigenvalue weighted by Gasteiger charge is -2.43. The van der Waals surface area contributed by atoms with Gasteiger partial charge in [-0.3, -0.25) is 0 Å². The fraction of sp³-hybridized carbons (Fsp3) is 0.520. The number of nitrogens with zero attached hydrogens (tertiary/aromatic N) is 6. The van der Waals surface area contributed by atoms with Crippen LogP contribution in [0.2, 0.25) is 0 Å². The largest absolute Gasteiger partial charge is 0.396 e. The summed E-state index contributed by atoms with van der Waals surface area (Å²) in [6.45, 7) is 5.82. The van der Waals surface area contributed by atoms with Gasteiger partial charge in [0.2, 0.25) is 5.95 Å². The quantitative estimate of drug-likeness (QED) is 0.471. The smallest absolute Gasteiger partial charge is 0.227 e. The van der Waals surface area contributed by atoms with Crippen LogP contribution in [0.1, 0.15) is 38.7 Å². The molecule has 2 saturated heterocycles. The van der Waals surface area contributed by atoms with E-state index >= 15 is 0 Å². The van der Waals surface area contributed by atoms with E-state index in [4.69, 9.17) is 0 Å². The number of aliphatic hydroxyl groups is 2. The Hall–Kier alpha value is -3.18. The fourth-order valence-electron chi connectivity index (χ4n) is 4.78. The molecule has 2 aliphatic rings. The number of aromatic nitrogens is 4. The van der Waals surface area contributed by atoms with E-state index in [-0.39, 0.29) is 31.7 Å². The van der Waals surface area contributed by atoms with Crippen LogP contribution in [0.3, 0.4) is 0 Å². The first-order chi connectivity index (χ1) is 17.2. The van der Waals surface area contributed by atoms with E-state index in [0.717, 1.165) is 16.3 Å². The number of halogens is 2. The third kappa shape index (κ3) is 4.41. The molecule has 0 amide bonds. The van der Waals surface area contributed by atoms with Gasteiger partial charge in [-0.2, -0.15) is 4.98 Å². The van der Waals surface area contributed by atoms with Crippen LogP contribution in [-0.4, -0.2) is 80.4 Å². The van der Waals surface area contributed by atoms with Crippen LogP contribution in [0.4, 0.5) is 32.2 Å². The maximum absolute atomic E-state index is 14.7. The molecule has 0 spiro atoms. The Bertz CT molecular complexity index is 1260. The predicted molar refractivity (Wildman–Crippen MR) is 134 cm³/mol. The summed E-state index contributed by atoms with van der Waals surface area (Å²) in [7, 11) is 0. The van der Waals surface area contributed by atoms with Crippen molar-refractivity contribution in [3.8, 4) is 0 Å². The van der Waals surface area contributed by atoms with Gasteiger partial charge in [0.05, 0.1) is 25.2 Å². The third-order valence-electron chi connectivity index (χ3n) is 7.29. The minimum atomic E-state index is -1.74. The first kappa shape index (κ1) is 24.5. The van der Waals surface area contributed by atoms with Crippen molar-refractivity contribution < 1.29 is 19.0 Å². The monoisotopic (exact) mass is 499 g/mol. The molecule has 0 bridgehead atoms. The second-order valence-electron chi connectivity index (χ2n) is 10.0. The van der Waals surface area contributed by atoms with Crippen molar-refractivity contribution in [2.24, 2.45) is 0 Å². The van der Waals surface area contributed by atoms with Gasteiger partial charge in [0, 0.05) is 43.0 Å². The van der Waals surface area contributed by atoms with Crippen molar-refractivity contribution >= 4 is 34.2 Å². The van der Waals surface area contributed by atoms with Gasteiger partial charge in [0.25, 0.3) is 0 Å². The summed E-state index contributed by atoms with van der Waals surface area (Å²) in [5.74, 6) is 1.90. The molecule has 9 nitrogen and oxygen atoms in total. The molecular formula is C25H31F2N7O2. The molecule has 2 aliphatic heterocycles. The highest BCUT2D eigenvalue weighted by Crippen LogP contribution is 2.36. The number of aliphatic hydroxyl groups excluding tert-OH is 2. The summed E-state index contributed by atoms with van der Waals surface area (Å²) in [5, 5.41) is 24.5. The Kier molecular flexibility index (Phi) is 6.37. The second-order valence-corrected chi connectivity index (χ2v) is 10.0. The number of anilines is 4. The van der Waals surface area contributed by atoms with Crippen molar-refractivity contribution in [2.45, 2.75) is 57.1 Å². The number of rotatable bonds is 6. The first-order valence-electron chi connectivity index (χ1n) is 12.2. The summed E-state index contributed by atoms with van der Waals surface area (Å²) >= 11 is 0. The molecule has 2 fully saturated rings. The highest BCUT2D eigenvalue weighted by molar-refractivity contribution is 5.96. The van der Waals surface area contributed by atoms with Gasteiger partial charge < -0.3 is 25.3 Å². The summed E-state index contributed by atoms with van der Waals surface area (Å²) < 4.78 is 28.5. The van der Waals surface area contributed by atoms with E-state index < -0.39 is 17.9 Å². The number of hydrogen-bond acceptors (Lipinski definition) is 9. The number of hydrogen-bond donors (Lipinski definition) is 3. The van der Waals surface area contributed by atoms with Gasteiger partial charge in [-0.1, -0.05) is 6.92 Å². The highest BCUT2D eigenvalue weighted by atomic mass is 19.1. The minimum Gasteiger partial charge on any atom is -0.396 e. The van der Waals surface area contributed by atoms with E-state index in [2.05, 4.69) is 25.3 Å². The number of piperidine rings is 1. The van der Waals surface area contributed by atoms with E-state index in [9.17, 15) is 19.0 Å². The standard InChI is InChI=1S/C25H31F2N7O2/c1-14(12-35)17-9-30-23(34-11-19(26)15(34)2)18-10-29-22(8-16(17)18)31-21-4-6-28-24(32-21)33-7-5-20(36)25(3,27)13-33/h4,6,8-10,14-15,19-20,35-36H,5,7,11-13H2,1-3H3,(H,28,29,31,32)/t14-,15+,19+,20+,25-/m0/s1. The normalized spacial score (nSPS) is 27.1. The Balaban J connectivity index is 1.45. The van der Waals surface area contributed by atoms with Crippen LogP contribution in [0, 0.1) is 0 Å². The Labute approximate surface area is 208 Å². The van der Waals surface area contributed by atoms with Crippen molar-refractivity contribution in [1.29, 1.82) is 0 Å². The van der Waals surface area contributed by atoms with E-state index in [1.165, 1.54) is 6.92 Å². The molecule has 11 heteroatoms. The summed E-state index contributed by atoms with van der Waals surface area (Å²) in [5.41, 5.74) is -0.878. The second kappa shape index (κ2) is 9.36. The zero-order valence-corrected chi connectivity index (χ0v) is 20.6. The molecule has 0 unspecified atom stereocenters. The summed E-state index contributed by atoms with van der Waals surface area (Å²) in [6, 6.07) is 3.30. The lowest BCUT2D eigenvalue weighted by Crippen LogP contribution is -2.57. The lowest BCUT2D eigenvalue weighted by atomic mass is 9.94. The highest BCUT2D eigenvalue weighted by Gasteiger charge is 2.40. The van der Waals surface area contributed by atoms with Gasteiger partial charge in [-0.15, -0.1) is 0 Å². The molecule has 0 aromatic carbocycles. The van der Waals surface area contributed by atoms with Crippen LogP contribution in [0.25, 0.3) is 10.8 Å². The van der Waals surface area contributed by atoms with Gasteiger partial charge in [0.15, 0.2) is 5.67 Å². The van der Waals surface area contributed by atoms with Crippen molar-refractivity contribution in [3.63, 3.8) is 0 Å². The Morgan fingerprint density at radius 2 is 2.03 bits per heavy atom. The number of nitrogens with one attached hydrogen (secondary N) is 1. The van der Waals surface area contributed by atoms with Crippen LogP contribution in [0.5, 0.6) is 0 Å². The van der Waals surface area contributed by atoms with Crippen LogP contribution < -0.4 is 15.1 Å². The number of pyridine rings is 2. The van der Waals surface area contributed by atoms with Gasteiger partial charge >= 0.3 is 0 Å². The van der Waals surface area contributed by atoms with E-state index in [1.807, 2.05) is 24.8 Å². The Morgan fingerprint density at radius 3 is 2.72 bits per heavy atom. The minimum absolute atomic E-state index is 0.00130. The molecule has 36 heavy (non-hydrogen) atoms. The predicted octanol–water partition coefficient (Wildman–Crippen LogP) is 3.11. The van der Waals surface area contributed by atoms with Gasteiger partial charge in [0.1, 0.15) is 23.6 Å². The van der Waals surface area contributed by atoms with E-state index in [1.54, 1.807) is 29.6 Å². The topological polar surface area (TPSA) is 111 Å². The average molecular weight is 500 g/mol. The zero-order valence-electron chi connectivity index (χ0n) is 20.6. The molecule has 5 atom stereocenters. The first-order valence-corrected chi connectivity index (χ1v) is 12.2. The zero-order chi connectivity index (χ0) is 25.6. The molecule has 0 saturated carbocycles. The Morgan fingerprint density at radius 1 is 1.22 bits per heavy atom. The van der Waals surface area contributed by atoms with Crippen molar-refractivity contribution in [1.82, 2.24) is 19.9 Å². The number of alkyl halides is 2. The SMILES string of the molecule is C[C@@H]1[C@H](F)CN1c1ncc([C@@H](C)CO)c2cc(Nc3ccnc(N4CC[C@@H](O)[C@@](C)(F)C4)n3)ncc12. The van der Waals surface area contributed by atoms with Crippen molar-refractivity contribution in [3.05, 3.63) is 36.3 Å². The molecule has 0 aliphatic carbocycles. The molecule has 3 aromatic rings. The molecular weight excluding hydrogens is 468 g/mol. The van der Waals surface area contributed by atoms with Crippen LogP contribution in [0.15, 0.2) is 30.7 Å². The van der Waals surface area contributed by atoms with Gasteiger partial charge in [-0.05, 0) is 43.4 Å². The lowest BCUT2D eigenvalue weighted by molar-refractivity contribution is -0.00860. The molecule has 0 radical (unpaired) electrons. The number of fused-ring (bicyclic) bond motifs is 1. The van der Waals surface area contributed by atoms with Crippen molar-refractivity contribution in [2.75, 3.05) is 41.4 Å². The molecule has 192 valence electrons. The van der Waals surface area contributed by atoms with Crippen LogP contribution in [-0.2, 0) is 0 Å². The third-order valence-corrected chi connectivity index (χ3v) is 7.29.